The molecule has 2 amide bonds. The van der Waals surface area contributed by atoms with Crippen LogP contribution >= 0.6 is 0 Å². The molecule has 1 aliphatic heterocycles. The van der Waals surface area contributed by atoms with E-state index >= 15 is 0 Å². The number of nitrogens with one attached hydrogen (secondary N) is 1. The van der Waals surface area contributed by atoms with Crippen molar-refractivity contribution in [2.75, 3.05) is 38.2 Å². The minimum absolute atomic E-state index is 0.0325. The molecule has 0 aliphatic carbocycles. The van der Waals surface area contributed by atoms with E-state index in [4.69, 9.17) is 5.73 Å². The van der Waals surface area contributed by atoms with Crippen molar-refractivity contribution in [2.24, 2.45) is 0 Å². The average Bonchev–Trinajstić information content (AvgIpc) is 2.76. The molecule has 1 aromatic carbocycles. The second-order valence-corrected chi connectivity index (χ2v) is 5.31. The van der Waals surface area contributed by atoms with E-state index in [9.17, 15) is 4.79 Å². The van der Waals surface area contributed by atoms with Crippen LogP contribution in [0.25, 0.3) is 0 Å². The zero-order chi connectivity index (χ0) is 13.8. The Morgan fingerprint density at radius 1 is 1.53 bits per heavy atom. The Morgan fingerprint density at radius 3 is 3.00 bits per heavy atom. The zero-order valence-electron chi connectivity index (χ0n) is 11.6. The number of hydrogen-bond acceptors (Lipinski definition) is 3. The Balaban J connectivity index is 1.99. The third-order valence-electron chi connectivity index (χ3n) is 3.35. The van der Waals surface area contributed by atoms with E-state index in [1.54, 1.807) is 12.1 Å². The fraction of sp³-hybridized carbons (Fsp3) is 0.500. The smallest absolute Gasteiger partial charge is 0.322 e. The summed E-state index contributed by atoms with van der Waals surface area (Å²) in [6.07, 6.45) is 2.14. The van der Waals surface area contributed by atoms with Gasteiger partial charge >= 0.3 is 6.03 Å². The summed E-state index contributed by atoms with van der Waals surface area (Å²) in [5.74, 6) is 0. The predicted octanol–water partition coefficient (Wildman–Crippen LogP) is 1.83. The van der Waals surface area contributed by atoms with E-state index in [0.29, 0.717) is 11.7 Å². The van der Waals surface area contributed by atoms with Crippen LogP contribution in [0.4, 0.5) is 16.2 Å². The molecule has 1 saturated heterocycles. The molecule has 0 saturated carbocycles. The number of carbonyl (C=O) groups excluding carboxylic acids is 1. The predicted molar refractivity (Wildman–Crippen MR) is 78.2 cm³/mol. The van der Waals surface area contributed by atoms with Crippen molar-refractivity contribution in [1.82, 2.24) is 9.80 Å². The number of amides is 2. The number of benzene rings is 1. The molecule has 1 aliphatic rings. The molecule has 2 rings (SSSR count). The van der Waals surface area contributed by atoms with Gasteiger partial charge in [0, 0.05) is 30.5 Å². The number of carbonyl (C=O) groups is 1. The number of nitrogen functional groups attached to an aromatic ring is 1. The van der Waals surface area contributed by atoms with Crippen molar-refractivity contribution in [1.29, 1.82) is 0 Å². The molecule has 1 unspecified atom stereocenters. The third kappa shape index (κ3) is 3.61. The molecule has 5 heteroatoms. The van der Waals surface area contributed by atoms with Crippen LogP contribution in [0.5, 0.6) is 0 Å². The SMILES string of the molecule is CN(C)CC1CCCN1C(=O)Nc1cccc(N)c1. The molecule has 1 aromatic rings. The quantitative estimate of drug-likeness (QED) is 0.817. The summed E-state index contributed by atoms with van der Waals surface area (Å²) in [7, 11) is 4.07. The molecule has 0 spiro atoms. The summed E-state index contributed by atoms with van der Waals surface area (Å²) >= 11 is 0. The Morgan fingerprint density at radius 2 is 2.32 bits per heavy atom. The van der Waals surface area contributed by atoms with Crippen molar-refractivity contribution >= 4 is 17.4 Å². The molecule has 1 atom stereocenters. The molecular formula is C14H22N4O. The van der Waals surface area contributed by atoms with Gasteiger partial charge in [-0.15, -0.1) is 0 Å². The van der Waals surface area contributed by atoms with Crippen LogP contribution in [0.15, 0.2) is 24.3 Å². The van der Waals surface area contributed by atoms with Gasteiger partial charge in [0.2, 0.25) is 0 Å². The van der Waals surface area contributed by atoms with Crippen LogP contribution in [0.3, 0.4) is 0 Å². The van der Waals surface area contributed by atoms with Gasteiger partial charge in [0.25, 0.3) is 0 Å². The number of likely N-dealkylation sites (tertiary alicyclic amines) is 1. The lowest BCUT2D eigenvalue weighted by Gasteiger charge is -2.27. The summed E-state index contributed by atoms with van der Waals surface area (Å²) in [5.41, 5.74) is 7.12. The molecular weight excluding hydrogens is 240 g/mol. The number of hydrogen-bond donors (Lipinski definition) is 2. The van der Waals surface area contributed by atoms with E-state index in [0.717, 1.165) is 31.6 Å². The molecule has 104 valence electrons. The highest BCUT2D eigenvalue weighted by Crippen LogP contribution is 2.20. The highest BCUT2D eigenvalue weighted by Gasteiger charge is 2.28. The first-order valence-corrected chi connectivity index (χ1v) is 6.64. The maximum Gasteiger partial charge on any atom is 0.322 e. The highest BCUT2D eigenvalue weighted by molar-refractivity contribution is 5.90. The van der Waals surface area contributed by atoms with Gasteiger partial charge in [-0.05, 0) is 45.1 Å². The minimum Gasteiger partial charge on any atom is -0.399 e. The van der Waals surface area contributed by atoms with Gasteiger partial charge in [-0.3, -0.25) is 0 Å². The number of rotatable bonds is 3. The Labute approximate surface area is 114 Å². The van der Waals surface area contributed by atoms with Gasteiger partial charge < -0.3 is 20.9 Å². The van der Waals surface area contributed by atoms with E-state index in [1.807, 2.05) is 31.1 Å². The maximum atomic E-state index is 12.3. The molecule has 3 N–H and O–H groups in total. The largest absolute Gasteiger partial charge is 0.399 e. The van der Waals surface area contributed by atoms with Crippen LogP contribution in [-0.2, 0) is 0 Å². The van der Waals surface area contributed by atoms with Crippen molar-refractivity contribution in [3.05, 3.63) is 24.3 Å². The molecule has 0 radical (unpaired) electrons. The van der Waals surface area contributed by atoms with Crippen LogP contribution in [-0.4, -0.2) is 49.1 Å². The Bertz CT molecular complexity index is 447. The van der Waals surface area contributed by atoms with Crippen molar-refractivity contribution in [2.45, 2.75) is 18.9 Å². The third-order valence-corrected chi connectivity index (χ3v) is 3.35. The van der Waals surface area contributed by atoms with E-state index in [-0.39, 0.29) is 6.03 Å². The minimum atomic E-state index is -0.0325. The van der Waals surface area contributed by atoms with Crippen LogP contribution < -0.4 is 11.1 Å². The second kappa shape index (κ2) is 5.93. The topological polar surface area (TPSA) is 61.6 Å². The van der Waals surface area contributed by atoms with E-state index in [1.165, 1.54) is 0 Å². The highest BCUT2D eigenvalue weighted by atomic mass is 16.2. The average molecular weight is 262 g/mol. The molecule has 1 heterocycles. The lowest BCUT2D eigenvalue weighted by Crippen LogP contribution is -2.43. The maximum absolute atomic E-state index is 12.3. The van der Waals surface area contributed by atoms with Gasteiger partial charge in [-0.1, -0.05) is 6.07 Å². The van der Waals surface area contributed by atoms with Gasteiger partial charge in [0.15, 0.2) is 0 Å². The van der Waals surface area contributed by atoms with Gasteiger partial charge in [-0.2, -0.15) is 0 Å². The van der Waals surface area contributed by atoms with Crippen molar-refractivity contribution in [3.8, 4) is 0 Å². The lowest BCUT2D eigenvalue weighted by atomic mass is 10.2. The van der Waals surface area contributed by atoms with E-state index < -0.39 is 0 Å². The Kier molecular flexibility index (Phi) is 4.27. The Hall–Kier alpha value is -1.75. The summed E-state index contributed by atoms with van der Waals surface area (Å²) in [6.45, 7) is 1.73. The first kappa shape index (κ1) is 13.7. The first-order chi connectivity index (χ1) is 9.06. The number of anilines is 2. The molecule has 1 fully saturated rings. The summed E-state index contributed by atoms with van der Waals surface area (Å²) < 4.78 is 0. The molecule has 0 bridgehead atoms. The molecule has 5 nitrogen and oxygen atoms in total. The van der Waals surface area contributed by atoms with Crippen LogP contribution in [0.1, 0.15) is 12.8 Å². The van der Waals surface area contributed by atoms with Gasteiger partial charge in [-0.25, -0.2) is 4.79 Å². The fourth-order valence-electron chi connectivity index (χ4n) is 2.53. The number of urea groups is 1. The van der Waals surface area contributed by atoms with Crippen molar-refractivity contribution in [3.63, 3.8) is 0 Å². The number of nitrogens with zero attached hydrogens (tertiary/aromatic N) is 2. The van der Waals surface area contributed by atoms with Crippen LogP contribution in [0, 0.1) is 0 Å². The fourth-order valence-corrected chi connectivity index (χ4v) is 2.53. The normalized spacial score (nSPS) is 18.9. The number of likely N-dealkylation sites (N-methyl/N-ethyl adjacent to an activating group) is 1. The summed E-state index contributed by atoms with van der Waals surface area (Å²) in [4.78, 5) is 16.3. The van der Waals surface area contributed by atoms with Crippen LogP contribution in [0.2, 0.25) is 0 Å². The second-order valence-electron chi connectivity index (χ2n) is 5.31. The van der Waals surface area contributed by atoms with Gasteiger partial charge in [0.05, 0.1) is 0 Å². The van der Waals surface area contributed by atoms with E-state index in [2.05, 4.69) is 10.2 Å². The zero-order valence-corrected chi connectivity index (χ0v) is 11.6. The molecule has 19 heavy (non-hydrogen) atoms. The first-order valence-electron chi connectivity index (χ1n) is 6.64. The standard InChI is InChI=1S/C14H22N4O/c1-17(2)10-13-7-4-8-18(13)14(19)16-12-6-3-5-11(15)9-12/h3,5-6,9,13H,4,7-8,10,15H2,1-2H3,(H,16,19). The summed E-state index contributed by atoms with van der Waals surface area (Å²) in [5, 5.41) is 2.92. The molecule has 0 aromatic heterocycles. The van der Waals surface area contributed by atoms with Crippen molar-refractivity contribution < 1.29 is 4.79 Å². The summed E-state index contributed by atoms with van der Waals surface area (Å²) in [6, 6.07) is 7.54. The van der Waals surface area contributed by atoms with Gasteiger partial charge in [0.1, 0.15) is 0 Å². The number of nitrogens with two attached hydrogens (primary N) is 1. The lowest BCUT2D eigenvalue weighted by molar-refractivity contribution is 0.193. The monoisotopic (exact) mass is 262 g/mol.